The monoisotopic (exact) mass is 356 g/mol. The zero-order chi connectivity index (χ0) is 12.5. The van der Waals surface area contributed by atoms with E-state index in [1.165, 1.54) is 12.8 Å². The smallest absolute Gasteiger partial charge is 0.264 e. The van der Waals surface area contributed by atoms with Gasteiger partial charge in [0.05, 0.1) is 21.1 Å². The van der Waals surface area contributed by atoms with Crippen LogP contribution in [0.5, 0.6) is 0 Å². The topological polar surface area (TPSA) is 58.9 Å². The van der Waals surface area contributed by atoms with Crippen LogP contribution in [0.4, 0.5) is 0 Å². The zero-order valence-electron chi connectivity index (χ0n) is 9.78. The molecule has 0 bridgehead atoms. The van der Waals surface area contributed by atoms with E-state index in [-0.39, 0.29) is 5.56 Å². The highest BCUT2D eigenvalue weighted by Gasteiger charge is 2.23. The molecule has 1 N–H and O–H groups in total. The van der Waals surface area contributed by atoms with E-state index in [1.54, 1.807) is 12.5 Å². The summed E-state index contributed by atoms with van der Waals surface area (Å²) >= 11 is 2.10. The lowest BCUT2D eigenvalue weighted by Gasteiger charge is -2.11. The van der Waals surface area contributed by atoms with Crippen molar-refractivity contribution in [2.45, 2.75) is 31.6 Å². The van der Waals surface area contributed by atoms with Gasteiger partial charge in [-0.25, -0.2) is 4.98 Å². The number of rotatable bonds is 2. The summed E-state index contributed by atoms with van der Waals surface area (Å²) in [5, 5.41) is 0. The lowest BCUT2D eigenvalue weighted by molar-refractivity contribution is 0.567. The molecule has 0 aromatic carbocycles. The minimum Gasteiger partial charge on any atom is -0.472 e. The van der Waals surface area contributed by atoms with Crippen LogP contribution < -0.4 is 5.56 Å². The minimum absolute atomic E-state index is 0.0521. The maximum Gasteiger partial charge on any atom is 0.264 e. The van der Waals surface area contributed by atoms with Gasteiger partial charge in [-0.1, -0.05) is 12.8 Å². The third-order valence-electron chi connectivity index (χ3n) is 3.42. The molecule has 0 aliphatic heterocycles. The number of H-pyrrole nitrogens is 1. The lowest BCUT2D eigenvalue weighted by Crippen LogP contribution is -2.17. The fourth-order valence-electron chi connectivity index (χ4n) is 2.48. The van der Waals surface area contributed by atoms with Gasteiger partial charge in [-0.15, -0.1) is 0 Å². The van der Waals surface area contributed by atoms with Gasteiger partial charge in [-0.3, -0.25) is 4.79 Å². The number of aromatic amines is 1. The van der Waals surface area contributed by atoms with E-state index in [2.05, 4.69) is 32.6 Å². The predicted molar refractivity (Wildman–Crippen MR) is 76.5 cm³/mol. The quantitative estimate of drug-likeness (QED) is 0.840. The molecule has 1 fully saturated rings. The number of furan rings is 1. The van der Waals surface area contributed by atoms with Crippen LogP contribution in [0.3, 0.4) is 0 Å². The molecule has 4 nitrogen and oxygen atoms in total. The Balaban J connectivity index is 2.10. The first-order valence-corrected chi connectivity index (χ1v) is 7.16. The number of hydrogen-bond acceptors (Lipinski definition) is 3. The molecule has 0 atom stereocenters. The van der Waals surface area contributed by atoms with Crippen LogP contribution in [0.1, 0.15) is 37.3 Å². The minimum atomic E-state index is -0.0521. The van der Waals surface area contributed by atoms with Crippen molar-refractivity contribution < 1.29 is 4.42 Å². The van der Waals surface area contributed by atoms with Crippen LogP contribution in [0, 0.1) is 3.57 Å². The van der Waals surface area contributed by atoms with E-state index < -0.39 is 0 Å². The molecule has 3 rings (SSSR count). The van der Waals surface area contributed by atoms with Crippen LogP contribution in [0.15, 0.2) is 27.8 Å². The van der Waals surface area contributed by atoms with Crippen molar-refractivity contribution in [3.8, 4) is 11.4 Å². The van der Waals surface area contributed by atoms with Crippen LogP contribution in [-0.2, 0) is 0 Å². The van der Waals surface area contributed by atoms with Gasteiger partial charge in [-0.05, 0) is 41.5 Å². The Morgan fingerprint density at radius 1 is 1.39 bits per heavy atom. The van der Waals surface area contributed by atoms with Gasteiger partial charge >= 0.3 is 0 Å². The number of halogens is 1. The molecule has 0 spiro atoms. The van der Waals surface area contributed by atoms with Crippen molar-refractivity contribution in [3.05, 3.63) is 38.2 Å². The summed E-state index contributed by atoms with van der Waals surface area (Å²) in [6.45, 7) is 0. The summed E-state index contributed by atoms with van der Waals surface area (Å²) in [5.41, 5.74) is 1.72. The highest BCUT2D eigenvalue weighted by Crippen LogP contribution is 2.34. The van der Waals surface area contributed by atoms with Crippen LogP contribution in [0.25, 0.3) is 11.4 Å². The number of hydrogen-bond donors (Lipinski definition) is 1. The van der Waals surface area contributed by atoms with Crippen molar-refractivity contribution in [2.24, 2.45) is 0 Å². The molecular weight excluding hydrogens is 343 g/mol. The Bertz CT molecular complexity index is 598. The van der Waals surface area contributed by atoms with Gasteiger partial charge in [0.2, 0.25) is 0 Å². The Kier molecular flexibility index (Phi) is 3.23. The van der Waals surface area contributed by atoms with E-state index in [4.69, 9.17) is 4.42 Å². The van der Waals surface area contributed by atoms with Crippen molar-refractivity contribution >= 4 is 22.6 Å². The summed E-state index contributed by atoms with van der Waals surface area (Å²) in [6.07, 6.45) is 7.92. The molecule has 1 aliphatic rings. The third-order valence-corrected chi connectivity index (χ3v) is 4.47. The van der Waals surface area contributed by atoms with Gasteiger partial charge in [0.25, 0.3) is 5.56 Å². The van der Waals surface area contributed by atoms with Crippen molar-refractivity contribution in [1.29, 1.82) is 0 Å². The molecule has 0 saturated heterocycles. The second-order valence-electron chi connectivity index (χ2n) is 4.61. The lowest BCUT2D eigenvalue weighted by atomic mass is 10.0. The summed E-state index contributed by atoms with van der Waals surface area (Å²) < 4.78 is 5.77. The predicted octanol–water partition coefficient (Wildman–Crippen LogP) is 3.29. The fourth-order valence-corrected chi connectivity index (χ4v) is 3.18. The zero-order valence-corrected chi connectivity index (χ0v) is 11.9. The molecule has 18 heavy (non-hydrogen) atoms. The molecule has 5 heteroatoms. The van der Waals surface area contributed by atoms with E-state index >= 15 is 0 Å². The standard InChI is InChI=1S/C13H13IN2O2/c14-10-11(8-3-1-2-4-8)15-12(16-13(10)17)9-5-6-18-7-9/h5-8H,1-4H2,(H,15,16,17). The Morgan fingerprint density at radius 2 is 2.17 bits per heavy atom. The van der Waals surface area contributed by atoms with Crippen LogP contribution >= 0.6 is 22.6 Å². The van der Waals surface area contributed by atoms with Gasteiger partial charge in [-0.2, -0.15) is 0 Å². The molecule has 0 amide bonds. The molecule has 1 aliphatic carbocycles. The maximum atomic E-state index is 12.0. The number of nitrogens with zero attached hydrogens (tertiary/aromatic N) is 1. The normalized spacial score (nSPS) is 16.3. The SMILES string of the molecule is O=c1[nH]c(-c2ccoc2)nc(C2CCCC2)c1I. The average Bonchev–Trinajstić information content (AvgIpc) is 3.03. The molecule has 2 aromatic rings. The Hall–Kier alpha value is -1.11. The molecular formula is C13H13IN2O2. The first kappa shape index (κ1) is 12.0. The van der Waals surface area contributed by atoms with E-state index in [0.29, 0.717) is 11.7 Å². The summed E-state index contributed by atoms with van der Waals surface area (Å²) in [6, 6.07) is 1.81. The second kappa shape index (κ2) is 4.87. The van der Waals surface area contributed by atoms with Crippen molar-refractivity contribution in [1.82, 2.24) is 9.97 Å². The molecule has 2 heterocycles. The van der Waals surface area contributed by atoms with E-state index in [9.17, 15) is 4.79 Å². The highest BCUT2D eigenvalue weighted by molar-refractivity contribution is 14.1. The maximum absolute atomic E-state index is 12.0. The molecule has 1 saturated carbocycles. The first-order chi connectivity index (χ1) is 8.75. The number of aromatic nitrogens is 2. The molecule has 94 valence electrons. The fraction of sp³-hybridized carbons (Fsp3) is 0.385. The van der Waals surface area contributed by atoms with Crippen LogP contribution in [0.2, 0.25) is 0 Å². The van der Waals surface area contributed by atoms with Gasteiger partial charge in [0, 0.05) is 5.92 Å². The van der Waals surface area contributed by atoms with Gasteiger partial charge in [0.1, 0.15) is 12.1 Å². The average molecular weight is 356 g/mol. The van der Waals surface area contributed by atoms with Crippen molar-refractivity contribution in [3.63, 3.8) is 0 Å². The molecule has 2 aromatic heterocycles. The van der Waals surface area contributed by atoms with E-state index in [1.807, 2.05) is 6.07 Å². The largest absolute Gasteiger partial charge is 0.472 e. The number of nitrogens with one attached hydrogen (secondary N) is 1. The van der Waals surface area contributed by atoms with E-state index in [0.717, 1.165) is 27.7 Å². The van der Waals surface area contributed by atoms with Crippen LogP contribution in [-0.4, -0.2) is 9.97 Å². The van der Waals surface area contributed by atoms with Gasteiger partial charge in [0.15, 0.2) is 0 Å². The third kappa shape index (κ3) is 2.11. The molecule has 0 radical (unpaired) electrons. The Morgan fingerprint density at radius 3 is 2.83 bits per heavy atom. The van der Waals surface area contributed by atoms with Crippen molar-refractivity contribution in [2.75, 3.05) is 0 Å². The molecule has 0 unspecified atom stereocenters. The summed E-state index contributed by atoms with van der Waals surface area (Å²) in [4.78, 5) is 19.4. The first-order valence-electron chi connectivity index (χ1n) is 6.08. The summed E-state index contributed by atoms with van der Waals surface area (Å²) in [5.74, 6) is 1.04. The second-order valence-corrected chi connectivity index (χ2v) is 5.69. The Labute approximate surface area is 118 Å². The van der Waals surface area contributed by atoms with Gasteiger partial charge < -0.3 is 9.40 Å². The highest BCUT2D eigenvalue weighted by atomic mass is 127. The summed E-state index contributed by atoms with van der Waals surface area (Å²) in [7, 11) is 0.